The quantitative estimate of drug-likeness (QED) is 0.680. The predicted molar refractivity (Wildman–Crippen MR) is 63.2 cm³/mol. The minimum absolute atomic E-state index is 0.0264. The third kappa shape index (κ3) is 2.92. The summed E-state index contributed by atoms with van der Waals surface area (Å²) in [6, 6.07) is 0. The van der Waals surface area contributed by atoms with E-state index < -0.39 is 0 Å². The van der Waals surface area contributed by atoms with Crippen molar-refractivity contribution in [3.8, 4) is 0 Å². The van der Waals surface area contributed by atoms with Crippen molar-refractivity contribution in [1.82, 2.24) is 29.9 Å². The summed E-state index contributed by atoms with van der Waals surface area (Å²) in [7, 11) is 1.92. The minimum Gasteiger partial charge on any atom is -0.349 e. The van der Waals surface area contributed by atoms with Crippen LogP contribution in [-0.2, 0) is 24.9 Å². The highest BCUT2D eigenvalue weighted by Crippen LogP contribution is 1.99. The van der Waals surface area contributed by atoms with Crippen LogP contribution >= 0.6 is 0 Å². The number of nitrogens with two attached hydrogens (primary N) is 1. The van der Waals surface area contributed by atoms with E-state index in [9.17, 15) is 4.79 Å². The summed E-state index contributed by atoms with van der Waals surface area (Å²) >= 11 is 0. The zero-order valence-corrected chi connectivity index (χ0v) is 10.1. The molecule has 0 aliphatic carbocycles. The van der Waals surface area contributed by atoms with Crippen LogP contribution in [0.25, 0.3) is 0 Å². The van der Waals surface area contributed by atoms with E-state index in [1.165, 1.54) is 0 Å². The molecule has 0 atom stereocenters. The van der Waals surface area contributed by atoms with E-state index in [0.717, 1.165) is 5.82 Å². The summed E-state index contributed by atoms with van der Waals surface area (Å²) in [5.41, 5.74) is 5.87. The van der Waals surface area contributed by atoms with Crippen LogP contribution in [0.1, 0.15) is 11.5 Å². The zero-order chi connectivity index (χ0) is 13.0. The van der Waals surface area contributed by atoms with Crippen LogP contribution in [0.5, 0.6) is 0 Å². The van der Waals surface area contributed by atoms with E-state index in [1.807, 2.05) is 17.8 Å². The third-order valence-electron chi connectivity index (χ3n) is 2.46. The molecule has 8 heteroatoms. The summed E-state index contributed by atoms with van der Waals surface area (Å²) in [6.45, 7) is 0.847. The van der Waals surface area contributed by atoms with Gasteiger partial charge in [0.1, 0.15) is 18.1 Å². The SMILES string of the molecule is Cn1ccnc1Cn1cc(CNC(=O)CN)nn1. The van der Waals surface area contributed by atoms with Crippen molar-refractivity contribution >= 4 is 5.91 Å². The van der Waals surface area contributed by atoms with E-state index in [1.54, 1.807) is 17.1 Å². The second-order valence-electron chi connectivity index (χ2n) is 3.84. The van der Waals surface area contributed by atoms with E-state index >= 15 is 0 Å². The average molecular weight is 249 g/mol. The van der Waals surface area contributed by atoms with Gasteiger partial charge in [-0.15, -0.1) is 5.10 Å². The molecule has 0 aliphatic heterocycles. The molecule has 0 saturated heterocycles. The number of nitrogens with one attached hydrogen (secondary N) is 1. The minimum atomic E-state index is -0.214. The van der Waals surface area contributed by atoms with Crippen LogP contribution in [-0.4, -0.2) is 37.0 Å². The van der Waals surface area contributed by atoms with Gasteiger partial charge in [0.05, 0.1) is 19.3 Å². The van der Waals surface area contributed by atoms with Crippen molar-refractivity contribution in [1.29, 1.82) is 0 Å². The Kier molecular flexibility index (Phi) is 3.68. The smallest absolute Gasteiger partial charge is 0.234 e. The summed E-state index contributed by atoms with van der Waals surface area (Å²) in [4.78, 5) is 15.2. The molecule has 0 bridgehead atoms. The van der Waals surface area contributed by atoms with Crippen molar-refractivity contribution in [3.63, 3.8) is 0 Å². The highest BCUT2D eigenvalue weighted by atomic mass is 16.1. The molecule has 0 unspecified atom stereocenters. The lowest BCUT2D eigenvalue weighted by molar-refractivity contribution is -0.119. The number of hydrogen-bond acceptors (Lipinski definition) is 5. The average Bonchev–Trinajstić information content (AvgIpc) is 2.97. The van der Waals surface area contributed by atoms with Crippen LogP contribution in [0, 0.1) is 0 Å². The number of hydrogen-bond donors (Lipinski definition) is 2. The van der Waals surface area contributed by atoms with Gasteiger partial charge < -0.3 is 15.6 Å². The van der Waals surface area contributed by atoms with E-state index in [4.69, 9.17) is 5.73 Å². The summed E-state index contributed by atoms with van der Waals surface area (Å²) < 4.78 is 3.59. The first-order valence-electron chi connectivity index (χ1n) is 5.51. The second kappa shape index (κ2) is 5.41. The van der Waals surface area contributed by atoms with Crippen molar-refractivity contribution < 1.29 is 4.79 Å². The summed E-state index contributed by atoms with van der Waals surface area (Å²) in [6.07, 6.45) is 5.37. The number of nitrogens with zero attached hydrogens (tertiary/aromatic N) is 5. The fraction of sp³-hybridized carbons (Fsp3) is 0.400. The van der Waals surface area contributed by atoms with Gasteiger partial charge in [0.15, 0.2) is 0 Å². The van der Waals surface area contributed by atoms with E-state index in [-0.39, 0.29) is 12.5 Å². The van der Waals surface area contributed by atoms with Crippen LogP contribution in [0.15, 0.2) is 18.6 Å². The van der Waals surface area contributed by atoms with Gasteiger partial charge in [0.25, 0.3) is 0 Å². The molecule has 3 N–H and O–H groups in total. The molecule has 0 spiro atoms. The predicted octanol–water partition coefficient (Wildman–Crippen LogP) is -1.37. The van der Waals surface area contributed by atoms with E-state index in [2.05, 4.69) is 20.6 Å². The summed E-state index contributed by atoms with van der Waals surface area (Å²) in [5.74, 6) is 0.672. The second-order valence-corrected chi connectivity index (χ2v) is 3.84. The summed E-state index contributed by atoms with van der Waals surface area (Å²) in [5, 5.41) is 10.6. The lowest BCUT2D eigenvalue weighted by atomic mass is 10.4. The molecule has 96 valence electrons. The molecule has 1 amide bonds. The molecule has 2 heterocycles. The Bertz CT molecular complexity index is 530. The van der Waals surface area contributed by atoms with Gasteiger partial charge in [0.2, 0.25) is 5.91 Å². The van der Waals surface area contributed by atoms with Gasteiger partial charge in [-0.3, -0.25) is 4.79 Å². The van der Waals surface area contributed by atoms with Gasteiger partial charge in [0, 0.05) is 19.4 Å². The number of carbonyl (C=O) groups excluding carboxylic acids is 1. The molecule has 0 aromatic carbocycles. The van der Waals surface area contributed by atoms with Gasteiger partial charge in [-0.1, -0.05) is 5.21 Å². The molecule has 2 rings (SSSR count). The van der Waals surface area contributed by atoms with Gasteiger partial charge >= 0.3 is 0 Å². The highest BCUT2D eigenvalue weighted by Gasteiger charge is 2.05. The lowest BCUT2D eigenvalue weighted by Gasteiger charge is -2.00. The fourth-order valence-electron chi connectivity index (χ4n) is 1.45. The molecule has 18 heavy (non-hydrogen) atoms. The van der Waals surface area contributed by atoms with Crippen LogP contribution < -0.4 is 11.1 Å². The molecule has 0 saturated carbocycles. The Labute approximate surface area is 104 Å². The van der Waals surface area contributed by atoms with Crippen molar-refractivity contribution in [3.05, 3.63) is 30.1 Å². The normalized spacial score (nSPS) is 10.6. The number of amides is 1. The van der Waals surface area contributed by atoms with Crippen LogP contribution in [0.3, 0.4) is 0 Å². The van der Waals surface area contributed by atoms with E-state index in [0.29, 0.717) is 18.8 Å². The molecular weight excluding hydrogens is 234 g/mol. The van der Waals surface area contributed by atoms with Gasteiger partial charge in [-0.2, -0.15) is 0 Å². The Hall–Kier alpha value is -2.22. The fourth-order valence-corrected chi connectivity index (χ4v) is 1.45. The maximum absolute atomic E-state index is 11.0. The molecule has 0 aliphatic rings. The third-order valence-corrected chi connectivity index (χ3v) is 2.46. The van der Waals surface area contributed by atoms with Crippen molar-refractivity contribution in [2.45, 2.75) is 13.1 Å². The first kappa shape index (κ1) is 12.2. The van der Waals surface area contributed by atoms with Crippen LogP contribution in [0.2, 0.25) is 0 Å². The van der Waals surface area contributed by atoms with Gasteiger partial charge in [-0.05, 0) is 0 Å². The maximum atomic E-state index is 11.0. The Morgan fingerprint density at radius 2 is 2.39 bits per heavy atom. The number of rotatable bonds is 5. The van der Waals surface area contributed by atoms with Crippen molar-refractivity contribution in [2.24, 2.45) is 12.8 Å². The maximum Gasteiger partial charge on any atom is 0.234 e. The Morgan fingerprint density at radius 1 is 1.56 bits per heavy atom. The molecule has 8 nitrogen and oxygen atoms in total. The topological polar surface area (TPSA) is 104 Å². The number of imidazole rings is 1. The molecule has 2 aromatic heterocycles. The molecular formula is C10H15N7O. The lowest BCUT2D eigenvalue weighted by Crippen LogP contribution is -2.29. The highest BCUT2D eigenvalue weighted by molar-refractivity contribution is 5.77. The Morgan fingerprint density at radius 3 is 3.06 bits per heavy atom. The standard InChI is InChI=1S/C10H15N7O/c1-16-3-2-12-9(16)7-17-6-8(14-15-17)5-13-10(18)4-11/h2-3,6H,4-5,7,11H2,1H3,(H,13,18). The monoisotopic (exact) mass is 249 g/mol. The Balaban J connectivity index is 1.94. The van der Waals surface area contributed by atoms with Crippen LogP contribution in [0.4, 0.5) is 0 Å². The molecule has 0 radical (unpaired) electrons. The first-order chi connectivity index (χ1) is 8.69. The molecule has 0 fully saturated rings. The van der Waals surface area contributed by atoms with Crippen molar-refractivity contribution in [2.75, 3.05) is 6.54 Å². The zero-order valence-electron chi connectivity index (χ0n) is 10.1. The number of carbonyl (C=O) groups is 1. The largest absolute Gasteiger partial charge is 0.349 e. The van der Waals surface area contributed by atoms with Gasteiger partial charge in [-0.25, -0.2) is 9.67 Å². The number of aryl methyl sites for hydroxylation is 1. The first-order valence-corrected chi connectivity index (χ1v) is 5.51. The molecule has 2 aromatic rings. The number of aromatic nitrogens is 5.